The van der Waals surface area contributed by atoms with Crippen molar-refractivity contribution >= 4 is 22.6 Å². The highest BCUT2D eigenvalue weighted by Gasteiger charge is 2.20. The van der Waals surface area contributed by atoms with Gasteiger partial charge < -0.3 is 5.32 Å². The summed E-state index contributed by atoms with van der Waals surface area (Å²) in [6, 6.07) is 12.1. The van der Waals surface area contributed by atoms with Crippen LogP contribution in [0.15, 0.2) is 48.8 Å². The number of aromatic nitrogens is 3. The van der Waals surface area contributed by atoms with E-state index in [1.165, 1.54) is 0 Å². The van der Waals surface area contributed by atoms with Gasteiger partial charge in [-0.25, -0.2) is 9.67 Å². The molecule has 0 spiro atoms. The van der Waals surface area contributed by atoms with E-state index in [2.05, 4.69) is 36.2 Å². The maximum absolute atomic E-state index is 12.8. The normalized spacial score (nSPS) is 12.5. The van der Waals surface area contributed by atoms with Crippen molar-refractivity contribution in [1.82, 2.24) is 14.8 Å². The van der Waals surface area contributed by atoms with Gasteiger partial charge in [-0.15, -0.1) is 0 Å². The standard InChI is InChI=1S/C20H24N4O/c1-4-8-18(15-9-6-5-7-10-15)20(25)23-17-11-16-12-22-24(14(2)3)19(16)21-13-17/h5-7,9-14,18H,4,8H2,1-3H3,(H,23,25). The maximum Gasteiger partial charge on any atom is 0.231 e. The van der Waals surface area contributed by atoms with Gasteiger partial charge in [-0.3, -0.25) is 4.79 Å². The third kappa shape index (κ3) is 3.71. The van der Waals surface area contributed by atoms with Crippen molar-refractivity contribution in [3.05, 3.63) is 54.4 Å². The Hall–Kier alpha value is -2.69. The molecule has 0 saturated carbocycles. The number of nitrogens with one attached hydrogen (secondary N) is 1. The van der Waals surface area contributed by atoms with Gasteiger partial charge in [0.25, 0.3) is 0 Å². The fourth-order valence-corrected chi connectivity index (χ4v) is 3.04. The first-order valence-electron chi connectivity index (χ1n) is 8.79. The largest absolute Gasteiger partial charge is 0.324 e. The monoisotopic (exact) mass is 336 g/mol. The summed E-state index contributed by atoms with van der Waals surface area (Å²) in [6.45, 7) is 6.23. The molecule has 3 rings (SSSR count). The Labute approximate surface area is 148 Å². The number of fused-ring (bicyclic) bond motifs is 1. The summed E-state index contributed by atoms with van der Waals surface area (Å²) in [4.78, 5) is 17.3. The number of benzene rings is 1. The minimum atomic E-state index is -0.153. The van der Waals surface area contributed by atoms with Crippen molar-refractivity contribution in [3.8, 4) is 0 Å². The number of carbonyl (C=O) groups excluding carboxylic acids is 1. The second-order valence-electron chi connectivity index (χ2n) is 6.56. The van der Waals surface area contributed by atoms with Gasteiger partial charge in [0, 0.05) is 11.4 Å². The van der Waals surface area contributed by atoms with E-state index in [1.54, 1.807) is 12.4 Å². The Bertz CT molecular complexity index is 855. The Morgan fingerprint density at radius 2 is 1.96 bits per heavy atom. The Morgan fingerprint density at radius 1 is 1.20 bits per heavy atom. The SMILES string of the molecule is CCCC(C(=O)Nc1cnc2c(cnn2C(C)C)c1)c1ccccc1. The van der Waals surface area contributed by atoms with Gasteiger partial charge in [-0.1, -0.05) is 43.7 Å². The van der Waals surface area contributed by atoms with E-state index in [-0.39, 0.29) is 17.9 Å². The number of nitrogens with zero attached hydrogens (tertiary/aromatic N) is 3. The number of hydrogen-bond donors (Lipinski definition) is 1. The van der Waals surface area contributed by atoms with Crippen LogP contribution >= 0.6 is 0 Å². The number of anilines is 1. The predicted molar refractivity (Wildman–Crippen MR) is 101 cm³/mol. The number of rotatable bonds is 6. The molecule has 1 unspecified atom stereocenters. The van der Waals surface area contributed by atoms with E-state index in [4.69, 9.17) is 0 Å². The first-order chi connectivity index (χ1) is 12.1. The van der Waals surface area contributed by atoms with Gasteiger partial charge in [0.15, 0.2) is 5.65 Å². The fourth-order valence-electron chi connectivity index (χ4n) is 3.04. The quantitative estimate of drug-likeness (QED) is 0.719. The van der Waals surface area contributed by atoms with Gasteiger partial charge in [-0.05, 0) is 31.9 Å². The predicted octanol–water partition coefficient (Wildman–Crippen LogP) is 4.53. The molecule has 0 fully saturated rings. The van der Waals surface area contributed by atoms with Crippen LogP contribution in [0.5, 0.6) is 0 Å². The molecule has 0 bridgehead atoms. The van der Waals surface area contributed by atoms with Gasteiger partial charge in [0.05, 0.1) is 24.0 Å². The third-order valence-corrected chi connectivity index (χ3v) is 4.29. The smallest absolute Gasteiger partial charge is 0.231 e. The second kappa shape index (κ2) is 7.47. The van der Waals surface area contributed by atoms with Crippen LogP contribution in [0.1, 0.15) is 51.1 Å². The summed E-state index contributed by atoms with van der Waals surface area (Å²) in [7, 11) is 0. The molecule has 0 aliphatic rings. The summed E-state index contributed by atoms with van der Waals surface area (Å²) in [5.74, 6) is -0.147. The first kappa shape index (κ1) is 17.1. The van der Waals surface area contributed by atoms with Crippen molar-refractivity contribution in [3.63, 3.8) is 0 Å². The average molecular weight is 336 g/mol. The molecule has 5 nitrogen and oxygen atoms in total. The number of hydrogen-bond acceptors (Lipinski definition) is 3. The van der Waals surface area contributed by atoms with Crippen molar-refractivity contribution in [1.29, 1.82) is 0 Å². The van der Waals surface area contributed by atoms with Crippen LogP contribution < -0.4 is 5.32 Å². The summed E-state index contributed by atoms with van der Waals surface area (Å²) in [5, 5.41) is 8.32. The lowest BCUT2D eigenvalue weighted by Gasteiger charge is -2.16. The molecule has 1 amide bonds. The summed E-state index contributed by atoms with van der Waals surface area (Å²) in [5.41, 5.74) is 2.59. The van der Waals surface area contributed by atoms with Gasteiger partial charge in [0.1, 0.15) is 0 Å². The van der Waals surface area contributed by atoms with E-state index in [0.29, 0.717) is 5.69 Å². The molecule has 2 aromatic heterocycles. The molecule has 25 heavy (non-hydrogen) atoms. The molecule has 2 heterocycles. The van der Waals surface area contributed by atoms with Crippen LogP contribution in [0, 0.1) is 0 Å². The first-order valence-corrected chi connectivity index (χ1v) is 8.79. The van der Waals surface area contributed by atoms with Gasteiger partial charge in [-0.2, -0.15) is 5.10 Å². The lowest BCUT2D eigenvalue weighted by Crippen LogP contribution is -2.21. The Morgan fingerprint density at radius 3 is 2.64 bits per heavy atom. The Kier molecular flexibility index (Phi) is 5.12. The molecule has 5 heteroatoms. The second-order valence-corrected chi connectivity index (χ2v) is 6.56. The summed E-state index contributed by atoms with van der Waals surface area (Å²) in [6.07, 6.45) is 5.26. The van der Waals surface area contributed by atoms with Crippen molar-refractivity contribution in [2.75, 3.05) is 5.32 Å². The average Bonchev–Trinajstić information content (AvgIpc) is 3.03. The van der Waals surface area contributed by atoms with Crippen molar-refractivity contribution < 1.29 is 4.79 Å². The summed E-state index contributed by atoms with van der Waals surface area (Å²) >= 11 is 0. The van der Waals surface area contributed by atoms with Crippen LogP contribution in [-0.4, -0.2) is 20.7 Å². The van der Waals surface area contributed by atoms with E-state index in [1.807, 2.05) is 41.1 Å². The highest BCUT2D eigenvalue weighted by Crippen LogP contribution is 2.24. The highest BCUT2D eigenvalue weighted by atomic mass is 16.1. The van der Waals surface area contributed by atoms with Crippen LogP contribution in [0.3, 0.4) is 0 Å². The van der Waals surface area contributed by atoms with Crippen LogP contribution in [0.4, 0.5) is 5.69 Å². The van der Waals surface area contributed by atoms with Crippen LogP contribution in [0.25, 0.3) is 11.0 Å². The third-order valence-electron chi connectivity index (χ3n) is 4.29. The fraction of sp³-hybridized carbons (Fsp3) is 0.350. The van der Waals surface area contributed by atoms with E-state index < -0.39 is 0 Å². The summed E-state index contributed by atoms with van der Waals surface area (Å²) < 4.78 is 1.88. The lowest BCUT2D eigenvalue weighted by molar-refractivity contribution is -0.117. The zero-order valence-electron chi connectivity index (χ0n) is 14.9. The van der Waals surface area contributed by atoms with Gasteiger partial charge in [0.2, 0.25) is 5.91 Å². The molecule has 3 aromatic rings. The number of carbonyl (C=O) groups is 1. The number of amides is 1. The van der Waals surface area contributed by atoms with E-state index >= 15 is 0 Å². The van der Waals surface area contributed by atoms with Crippen molar-refractivity contribution in [2.24, 2.45) is 0 Å². The van der Waals surface area contributed by atoms with Crippen LogP contribution in [0.2, 0.25) is 0 Å². The topological polar surface area (TPSA) is 59.8 Å². The molecule has 0 aliphatic carbocycles. The lowest BCUT2D eigenvalue weighted by atomic mass is 9.93. The minimum Gasteiger partial charge on any atom is -0.324 e. The molecule has 130 valence electrons. The molecular weight excluding hydrogens is 312 g/mol. The van der Waals surface area contributed by atoms with E-state index in [9.17, 15) is 4.79 Å². The zero-order chi connectivity index (χ0) is 17.8. The molecule has 1 aromatic carbocycles. The Balaban J connectivity index is 1.82. The van der Waals surface area contributed by atoms with E-state index in [0.717, 1.165) is 29.4 Å². The maximum atomic E-state index is 12.8. The minimum absolute atomic E-state index is 0.00505. The molecule has 0 aliphatic heterocycles. The van der Waals surface area contributed by atoms with Gasteiger partial charge >= 0.3 is 0 Å². The van der Waals surface area contributed by atoms with Crippen LogP contribution in [-0.2, 0) is 4.79 Å². The molecule has 0 saturated heterocycles. The highest BCUT2D eigenvalue weighted by molar-refractivity contribution is 5.97. The molecule has 1 atom stereocenters. The molecular formula is C20H24N4O. The molecule has 1 N–H and O–H groups in total. The number of pyridine rings is 1. The van der Waals surface area contributed by atoms with Crippen molar-refractivity contribution in [2.45, 2.75) is 45.6 Å². The zero-order valence-corrected chi connectivity index (χ0v) is 14.9. The molecule has 0 radical (unpaired) electrons.